The van der Waals surface area contributed by atoms with E-state index in [1.807, 2.05) is 17.5 Å². The van der Waals surface area contributed by atoms with Crippen LogP contribution in [0.4, 0.5) is 5.95 Å². The molecule has 0 amide bonds. The number of aromatic hydroxyl groups is 1. The maximum absolute atomic E-state index is 11.4. The third kappa shape index (κ3) is 3.09. The molecule has 2 heterocycles. The van der Waals surface area contributed by atoms with E-state index in [1.165, 1.54) is 18.4 Å². The minimum atomic E-state index is -0.347. The van der Waals surface area contributed by atoms with Gasteiger partial charge in [0.25, 0.3) is 0 Å². The van der Waals surface area contributed by atoms with E-state index in [-0.39, 0.29) is 17.8 Å². The van der Waals surface area contributed by atoms with Crippen molar-refractivity contribution >= 4 is 33.5 Å². The summed E-state index contributed by atoms with van der Waals surface area (Å²) in [7, 11) is 1.36. The molecule has 2 aromatic heterocycles. The molecular formula is C16H15N3O3S. The molecule has 7 heteroatoms. The Hall–Kier alpha value is -2.67. The first-order valence-electron chi connectivity index (χ1n) is 6.98. The Balaban J connectivity index is 1.77. The van der Waals surface area contributed by atoms with Crippen LogP contribution in [0.25, 0.3) is 10.2 Å². The van der Waals surface area contributed by atoms with Gasteiger partial charge in [-0.15, -0.1) is 11.3 Å². The van der Waals surface area contributed by atoms with E-state index in [0.29, 0.717) is 15.8 Å². The third-order valence-electron chi connectivity index (χ3n) is 3.57. The molecule has 0 unspecified atom stereocenters. The topological polar surface area (TPSA) is 98.3 Å². The van der Waals surface area contributed by atoms with E-state index in [9.17, 15) is 9.90 Å². The van der Waals surface area contributed by atoms with Crippen LogP contribution in [0, 0.1) is 0 Å². The molecular weight excluding hydrogens is 314 g/mol. The van der Waals surface area contributed by atoms with Crippen LogP contribution in [0.5, 0.6) is 5.88 Å². The van der Waals surface area contributed by atoms with Crippen LogP contribution < -0.4 is 5.73 Å². The summed E-state index contributed by atoms with van der Waals surface area (Å²) in [6, 6.07) is 7.28. The van der Waals surface area contributed by atoms with Crippen LogP contribution in [-0.4, -0.2) is 28.2 Å². The highest BCUT2D eigenvalue weighted by atomic mass is 32.1. The highest BCUT2D eigenvalue weighted by molar-refractivity contribution is 7.17. The van der Waals surface area contributed by atoms with Gasteiger partial charge in [0.2, 0.25) is 11.8 Å². The van der Waals surface area contributed by atoms with Crippen molar-refractivity contribution in [3.05, 3.63) is 46.3 Å². The lowest BCUT2D eigenvalue weighted by atomic mass is 10.0. The van der Waals surface area contributed by atoms with Gasteiger partial charge < -0.3 is 15.6 Å². The lowest BCUT2D eigenvalue weighted by Gasteiger charge is -2.04. The predicted molar refractivity (Wildman–Crippen MR) is 88.7 cm³/mol. The highest BCUT2D eigenvalue weighted by Gasteiger charge is 2.12. The predicted octanol–water partition coefficient (Wildman–Crippen LogP) is 2.55. The van der Waals surface area contributed by atoms with Crippen LogP contribution in [0.15, 0.2) is 29.6 Å². The summed E-state index contributed by atoms with van der Waals surface area (Å²) in [4.78, 5) is 20.0. The summed E-state index contributed by atoms with van der Waals surface area (Å²) in [5.41, 5.74) is 8.14. The van der Waals surface area contributed by atoms with Gasteiger partial charge in [-0.1, -0.05) is 12.1 Å². The number of carbonyl (C=O) groups excluding carboxylic acids is 1. The van der Waals surface area contributed by atoms with Gasteiger partial charge in [-0.2, -0.15) is 4.98 Å². The van der Waals surface area contributed by atoms with E-state index in [1.54, 1.807) is 12.1 Å². The van der Waals surface area contributed by atoms with E-state index >= 15 is 0 Å². The lowest BCUT2D eigenvalue weighted by molar-refractivity contribution is 0.0600. The summed E-state index contributed by atoms with van der Waals surface area (Å²) >= 11 is 1.43. The molecule has 23 heavy (non-hydrogen) atoms. The molecule has 6 nitrogen and oxygen atoms in total. The van der Waals surface area contributed by atoms with E-state index in [2.05, 4.69) is 14.7 Å². The number of nitrogens with two attached hydrogens (primary N) is 1. The van der Waals surface area contributed by atoms with Crippen LogP contribution in [-0.2, 0) is 17.6 Å². The molecule has 0 saturated carbocycles. The van der Waals surface area contributed by atoms with E-state index in [4.69, 9.17) is 5.73 Å². The Morgan fingerprint density at radius 2 is 2.00 bits per heavy atom. The number of benzene rings is 1. The van der Waals surface area contributed by atoms with Crippen LogP contribution in [0.1, 0.15) is 21.5 Å². The summed E-state index contributed by atoms with van der Waals surface area (Å²) in [6.07, 6.45) is 1.51. The van der Waals surface area contributed by atoms with Gasteiger partial charge in [0.15, 0.2) is 0 Å². The van der Waals surface area contributed by atoms with E-state index in [0.717, 1.165) is 24.0 Å². The molecule has 0 aliphatic carbocycles. The number of fused-ring (bicyclic) bond motifs is 1. The average molecular weight is 329 g/mol. The van der Waals surface area contributed by atoms with Crippen LogP contribution >= 0.6 is 11.3 Å². The number of rotatable bonds is 4. The molecule has 0 bridgehead atoms. The van der Waals surface area contributed by atoms with Gasteiger partial charge in [-0.05, 0) is 41.5 Å². The zero-order valence-electron chi connectivity index (χ0n) is 12.4. The Labute approximate surface area is 136 Å². The maximum atomic E-state index is 11.4. The number of methoxy groups -OCH3 is 1. The Morgan fingerprint density at radius 1 is 1.26 bits per heavy atom. The fourth-order valence-corrected chi connectivity index (χ4v) is 3.36. The minimum Gasteiger partial charge on any atom is -0.493 e. The smallest absolute Gasteiger partial charge is 0.337 e. The van der Waals surface area contributed by atoms with Crippen molar-refractivity contribution in [2.75, 3.05) is 12.8 Å². The fraction of sp³-hybridized carbons (Fsp3) is 0.188. The van der Waals surface area contributed by atoms with Crippen molar-refractivity contribution in [3.63, 3.8) is 0 Å². The van der Waals surface area contributed by atoms with Crippen molar-refractivity contribution in [3.8, 4) is 5.88 Å². The molecule has 0 fully saturated rings. The molecule has 3 rings (SSSR count). The molecule has 0 radical (unpaired) electrons. The first-order valence-corrected chi connectivity index (χ1v) is 7.86. The number of hydrogen-bond donors (Lipinski definition) is 2. The second kappa shape index (κ2) is 6.21. The number of anilines is 1. The number of aryl methyl sites for hydroxylation is 2. The average Bonchev–Trinajstić information content (AvgIpc) is 2.95. The molecule has 1 aromatic carbocycles. The second-order valence-electron chi connectivity index (χ2n) is 5.04. The second-order valence-corrected chi connectivity index (χ2v) is 5.89. The van der Waals surface area contributed by atoms with Gasteiger partial charge >= 0.3 is 5.97 Å². The van der Waals surface area contributed by atoms with Crippen LogP contribution in [0.2, 0.25) is 0 Å². The number of thiophene rings is 1. The summed E-state index contributed by atoms with van der Waals surface area (Å²) in [5, 5.41) is 12.6. The normalized spacial score (nSPS) is 10.8. The minimum absolute atomic E-state index is 0.0711. The lowest BCUT2D eigenvalue weighted by Crippen LogP contribution is -2.01. The van der Waals surface area contributed by atoms with Gasteiger partial charge in [0.05, 0.1) is 18.1 Å². The quantitative estimate of drug-likeness (QED) is 0.714. The summed E-state index contributed by atoms with van der Waals surface area (Å²) in [5.74, 6) is -0.355. The molecule has 0 aliphatic heterocycles. The number of aromatic nitrogens is 2. The molecule has 0 atom stereocenters. The molecule has 118 valence electrons. The maximum Gasteiger partial charge on any atom is 0.337 e. The Kier molecular flexibility index (Phi) is 4.12. The first kappa shape index (κ1) is 15.2. The van der Waals surface area contributed by atoms with Gasteiger partial charge in [-0.3, -0.25) is 0 Å². The van der Waals surface area contributed by atoms with E-state index < -0.39 is 0 Å². The van der Waals surface area contributed by atoms with Crippen molar-refractivity contribution in [1.29, 1.82) is 0 Å². The van der Waals surface area contributed by atoms with Crippen molar-refractivity contribution in [1.82, 2.24) is 9.97 Å². The Bertz CT molecular complexity index is 859. The number of ether oxygens (including phenoxy) is 1. The first-order chi connectivity index (χ1) is 11.1. The third-order valence-corrected chi connectivity index (χ3v) is 4.49. The van der Waals surface area contributed by atoms with Crippen molar-refractivity contribution in [2.24, 2.45) is 0 Å². The van der Waals surface area contributed by atoms with Gasteiger partial charge in [-0.25, -0.2) is 9.78 Å². The van der Waals surface area contributed by atoms with Crippen molar-refractivity contribution in [2.45, 2.75) is 12.8 Å². The summed E-state index contributed by atoms with van der Waals surface area (Å²) in [6.45, 7) is 0. The zero-order valence-corrected chi connectivity index (χ0v) is 13.3. The number of nitrogens with zero attached hydrogens (tertiary/aromatic N) is 2. The molecule has 3 aromatic rings. The molecule has 0 saturated heterocycles. The number of esters is 1. The number of nitrogen functional groups attached to an aromatic ring is 1. The highest BCUT2D eigenvalue weighted by Crippen LogP contribution is 2.31. The van der Waals surface area contributed by atoms with Crippen LogP contribution in [0.3, 0.4) is 0 Å². The molecule has 0 spiro atoms. The van der Waals surface area contributed by atoms with Crippen molar-refractivity contribution < 1.29 is 14.6 Å². The zero-order chi connectivity index (χ0) is 16.4. The largest absolute Gasteiger partial charge is 0.493 e. The standard InChI is InChI=1S/C16H15N3O3S/c1-22-15(21)10-5-2-9(3-6-10)4-7-11-8-23-14-12(11)13(20)18-16(17)19-14/h2-3,5-6,8H,4,7H2,1H3,(H3,17,18,19,20). The SMILES string of the molecule is COC(=O)c1ccc(CCc2csc3nc(N)nc(O)c23)cc1. The Morgan fingerprint density at radius 3 is 2.70 bits per heavy atom. The van der Waals surface area contributed by atoms with Gasteiger partial charge in [0, 0.05) is 0 Å². The molecule has 3 N–H and O–H groups in total. The monoisotopic (exact) mass is 329 g/mol. The summed E-state index contributed by atoms with van der Waals surface area (Å²) < 4.78 is 4.68. The number of carbonyl (C=O) groups is 1. The number of hydrogen-bond acceptors (Lipinski definition) is 7. The fourth-order valence-electron chi connectivity index (χ4n) is 2.39. The van der Waals surface area contributed by atoms with Gasteiger partial charge in [0.1, 0.15) is 4.83 Å². The molecule has 0 aliphatic rings.